The molecule has 0 aromatic heterocycles. The first-order valence-electron chi connectivity index (χ1n) is 5.98. The van der Waals surface area contributed by atoms with Gasteiger partial charge in [-0.1, -0.05) is 18.2 Å². The van der Waals surface area contributed by atoms with Gasteiger partial charge in [0.15, 0.2) is 0 Å². The molecule has 1 aliphatic heterocycles. The number of hydrogen-bond donors (Lipinski definition) is 0. The lowest BCUT2D eigenvalue weighted by Crippen LogP contribution is -2.25. The molecule has 3 nitrogen and oxygen atoms in total. The number of hydrogen-bond acceptors (Lipinski definition) is 3. The lowest BCUT2D eigenvalue weighted by molar-refractivity contribution is -0.138. The predicted octanol–water partition coefficient (Wildman–Crippen LogP) is 2.52. The number of para-hydroxylation sites is 1. The average molecular weight is 231 g/mol. The molecule has 0 spiro atoms. The molecular weight excluding hydrogens is 214 g/mol. The Morgan fingerprint density at radius 3 is 2.82 bits per heavy atom. The predicted molar refractivity (Wildman–Crippen MR) is 67.9 cm³/mol. The Bertz CT molecular complexity index is 451. The molecular formula is C14H17NO2. The number of ether oxygens (including phenoxy) is 1. The second-order valence-corrected chi connectivity index (χ2v) is 3.97. The molecule has 0 amide bonds. The Kier molecular flexibility index (Phi) is 3.47. The average Bonchev–Trinajstić information content (AvgIpc) is 2.37. The number of carbonyl (C=O) groups excluding carboxylic acids is 1. The van der Waals surface area contributed by atoms with Gasteiger partial charge in [0.25, 0.3) is 0 Å². The minimum absolute atomic E-state index is 0.208. The highest BCUT2D eigenvalue weighted by molar-refractivity contribution is 5.91. The summed E-state index contributed by atoms with van der Waals surface area (Å²) in [5.41, 5.74) is 3.09. The van der Waals surface area contributed by atoms with Crippen molar-refractivity contribution in [3.05, 3.63) is 41.6 Å². The maximum Gasteiger partial charge on any atom is 0.335 e. The van der Waals surface area contributed by atoms with Gasteiger partial charge >= 0.3 is 5.97 Å². The fourth-order valence-corrected chi connectivity index (χ4v) is 2.06. The van der Waals surface area contributed by atoms with E-state index in [1.807, 2.05) is 25.3 Å². The van der Waals surface area contributed by atoms with Gasteiger partial charge in [-0.05, 0) is 25.5 Å². The monoisotopic (exact) mass is 231 g/mol. The van der Waals surface area contributed by atoms with Crippen LogP contribution in [0, 0.1) is 0 Å². The van der Waals surface area contributed by atoms with Gasteiger partial charge in [-0.15, -0.1) is 0 Å². The zero-order chi connectivity index (χ0) is 12.3. The lowest BCUT2D eigenvalue weighted by atomic mass is 10.00. The Balaban J connectivity index is 2.30. The fourth-order valence-electron chi connectivity index (χ4n) is 2.06. The van der Waals surface area contributed by atoms with Gasteiger partial charge < -0.3 is 9.64 Å². The zero-order valence-corrected chi connectivity index (χ0v) is 10.3. The smallest absolute Gasteiger partial charge is 0.335 e. The van der Waals surface area contributed by atoms with E-state index in [9.17, 15) is 4.79 Å². The molecule has 1 aromatic carbocycles. The molecule has 3 heteroatoms. The number of anilines is 1. The van der Waals surface area contributed by atoms with Crippen LogP contribution in [0.25, 0.3) is 0 Å². The van der Waals surface area contributed by atoms with Gasteiger partial charge in [0, 0.05) is 24.9 Å². The summed E-state index contributed by atoms with van der Waals surface area (Å²) < 4.78 is 5.06. The SMILES string of the molecule is CCOC(=O)C1=CN(CC)c2ccccc2C1. The molecule has 0 atom stereocenters. The molecule has 0 saturated carbocycles. The topological polar surface area (TPSA) is 29.5 Å². The number of esters is 1. The van der Waals surface area contributed by atoms with Gasteiger partial charge in [0.1, 0.15) is 0 Å². The van der Waals surface area contributed by atoms with Crippen molar-refractivity contribution in [1.29, 1.82) is 0 Å². The fraction of sp³-hybridized carbons (Fsp3) is 0.357. The second kappa shape index (κ2) is 5.04. The number of carbonyl (C=O) groups is 1. The molecule has 0 aliphatic carbocycles. The zero-order valence-electron chi connectivity index (χ0n) is 10.3. The van der Waals surface area contributed by atoms with Gasteiger partial charge in [-0.2, -0.15) is 0 Å². The van der Waals surface area contributed by atoms with Crippen molar-refractivity contribution in [1.82, 2.24) is 0 Å². The highest BCUT2D eigenvalue weighted by Crippen LogP contribution is 2.28. The van der Waals surface area contributed by atoms with E-state index in [0.29, 0.717) is 13.0 Å². The number of benzene rings is 1. The van der Waals surface area contributed by atoms with Crippen molar-refractivity contribution in [3.8, 4) is 0 Å². The summed E-state index contributed by atoms with van der Waals surface area (Å²) in [6, 6.07) is 8.16. The van der Waals surface area contributed by atoms with Crippen molar-refractivity contribution in [2.24, 2.45) is 0 Å². The third-order valence-corrected chi connectivity index (χ3v) is 2.87. The van der Waals surface area contributed by atoms with Crippen molar-refractivity contribution in [3.63, 3.8) is 0 Å². The van der Waals surface area contributed by atoms with Crippen LogP contribution in [0.15, 0.2) is 36.0 Å². The molecule has 2 rings (SSSR count). The number of nitrogens with zero attached hydrogens (tertiary/aromatic N) is 1. The second-order valence-electron chi connectivity index (χ2n) is 3.97. The Morgan fingerprint density at radius 1 is 1.35 bits per heavy atom. The first-order valence-corrected chi connectivity index (χ1v) is 5.98. The molecule has 0 unspecified atom stereocenters. The molecule has 1 aliphatic rings. The summed E-state index contributed by atoms with van der Waals surface area (Å²) in [6.45, 7) is 5.16. The molecule has 0 N–H and O–H groups in total. The molecule has 0 radical (unpaired) electrons. The molecule has 90 valence electrons. The summed E-state index contributed by atoms with van der Waals surface area (Å²) in [7, 11) is 0. The first-order chi connectivity index (χ1) is 8.26. The summed E-state index contributed by atoms with van der Waals surface area (Å²) in [4.78, 5) is 13.8. The van der Waals surface area contributed by atoms with Gasteiger partial charge in [-0.25, -0.2) is 4.79 Å². The third-order valence-electron chi connectivity index (χ3n) is 2.87. The Labute approximate surface area is 102 Å². The van der Waals surface area contributed by atoms with Gasteiger partial charge in [-0.3, -0.25) is 0 Å². The summed E-state index contributed by atoms with van der Waals surface area (Å²) in [5, 5.41) is 0. The standard InChI is InChI=1S/C14H17NO2/c1-3-15-10-12(14(16)17-4-2)9-11-7-5-6-8-13(11)15/h5-8,10H,3-4,9H2,1-2H3. The van der Waals surface area contributed by atoms with E-state index in [-0.39, 0.29) is 5.97 Å². The Morgan fingerprint density at radius 2 is 2.12 bits per heavy atom. The van der Waals surface area contributed by atoms with E-state index in [2.05, 4.69) is 24.0 Å². The molecule has 1 heterocycles. The van der Waals surface area contributed by atoms with E-state index in [0.717, 1.165) is 12.1 Å². The van der Waals surface area contributed by atoms with E-state index in [4.69, 9.17) is 4.74 Å². The maximum absolute atomic E-state index is 11.8. The normalized spacial score (nSPS) is 14.0. The maximum atomic E-state index is 11.8. The number of rotatable bonds is 3. The molecule has 0 saturated heterocycles. The van der Waals surface area contributed by atoms with Crippen LogP contribution in [0.1, 0.15) is 19.4 Å². The largest absolute Gasteiger partial charge is 0.463 e. The minimum Gasteiger partial charge on any atom is -0.463 e. The van der Waals surface area contributed by atoms with Crippen molar-refractivity contribution in [2.45, 2.75) is 20.3 Å². The van der Waals surface area contributed by atoms with Gasteiger partial charge in [0.2, 0.25) is 0 Å². The van der Waals surface area contributed by atoms with Crippen LogP contribution in [0.4, 0.5) is 5.69 Å². The van der Waals surface area contributed by atoms with E-state index < -0.39 is 0 Å². The van der Waals surface area contributed by atoms with Crippen LogP contribution in [0.2, 0.25) is 0 Å². The van der Waals surface area contributed by atoms with Crippen molar-refractivity contribution >= 4 is 11.7 Å². The van der Waals surface area contributed by atoms with E-state index >= 15 is 0 Å². The van der Waals surface area contributed by atoms with Crippen LogP contribution in [0.5, 0.6) is 0 Å². The molecule has 17 heavy (non-hydrogen) atoms. The molecule has 0 bridgehead atoms. The summed E-state index contributed by atoms with van der Waals surface area (Å²) in [5.74, 6) is -0.208. The number of fused-ring (bicyclic) bond motifs is 1. The summed E-state index contributed by atoms with van der Waals surface area (Å²) >= 11 is 0. The van der Waals surface area contributed by atoms with E-state index in [1.54, 1.807) is 0 Å². The highest BCUT2D eigenvalue weighted by atomic mass is 16.5. The summed E-state index contributed by atoms with van der Waals surface area (Å²) in [6.07, 6.45) is 2.56. The third kappa shape index (κ3) is 2.33. The van der Waals surface area contributed by atoms with E-state index in [1.165, 1.54) is 11.3 Å². The minimum atomic E-state index is -0.208. The molecule has 0 fully saturated rings. The van der Waals surface area contributed by atoms with Crippen molar-refractivity contribution < 1.29 is 9.53 Å². The highest BCUT2D eigenvalue weighted by Gasteiger charge is 2.20. The van der Waals surface area contributed by atoms with Crippen LogP contribution in [-0.2, 0) is 16.0 Å². The van der Waals surface area contributed by atoms with Gasteiger partial charge in [0.05, 0.1) is 12.2 Å². The van der Waals surface area contributed by atoms with Crippen LogP contribution < -0.4 is 4.90 Å². The van der Waals surface area contributed by atoms with Crippen molar-refractivity contribution in [2.75, 3.05) is 18.1 Å². The van der Waals surface area contributed by atoms with Crippen LogP contribution >= 0.6 is 0 Å². The van der Waals surface area contributed by atoms with Crippen LogP contribution in [0.3, 0.4) is 0 Å². The first kappa shape index (κ1) is 11.7. The lowest BCUT2D eigenvalue weighted by Gasteiger charge is -2.27. The van der Waals surface area contributed by atoms with Crippen LogP contribution in [-0.4, -0.2) is 19.1 Å². The molecule has 1 aromatic rings. The quantitative estimate of drug-likeness (QED) is 0.749. The Hall–Kier alpha value is -1.77.